The summed E-state index contributed by atoms with van der Waals surface area (Å²) in [6.45, 7) is 0.889. The lowest BCUT2D eigenvalue weighted by Gasteiger charge is -2.17. The molecule has 4 amide bonds. The first kappa shape index (κ1) is 25.3. The van der Waals surface area contributed by atoms with Gasteiger partial charge in [-0.25, -0.2) is 0 Å². The van der Waals surface area contributed by atoms with E-state index in [2.05, 4.69) is 21.3 Å². The number of rotatable bonds is 13. The van der Waals surface area contributed by atoms with E-state index >= 15 is 0 Å². The molecule has 0 fully saturated rings. The van der Waals surface area contributed by atoms with Gasteiger partial charge in [0.2, 0.25) is 17.7 Å². The van der Waals surface area contributed by atoms with Crippen LogP contribution in [0.3, 0.4) is 0 Å². The molecule has 12 heteroatoms. The Bertz CT molecular complexity index is 480. The lowest BCUT2D eigenvalue weighted by molar-refractivity contribution is -0.136. The molecule has 0 aromatic carbocycles. The van der Waals surface area contributed by atoms with Crippen LogP contribution in [-0.2, 0) is 19.2 Å². The summed E-state index contributed by atoms with van der Waals surface area (Å²) in [6.07, 6.45) is -3.21. The van der Waals surface area contributed by atoms with Crippen LogP contribution in [-0.4, -0.2) is 81.1 Å². The number of carbonyl (C=O) groups is 4. The minimum atomic E-state index is -1.66. The summed E-state index contributed by atoms with van der Waals surface area (Å²) in [5.74, 6) is -1.43. The van der Waals surface area contributed by atoms with Gasteiger partial charge in [-0.1, -0.05) is 45.2 Å². The highest BCUT2D eigenvalue weighted by molar-refractivity contribution is 14.1. The Hall–Kier alpha value is -0.740. The fraction of sp³-hybridized carbons (Fsp3) is 0.714. The molecule has 0 aliphatic heterocycles. The molecule has 10 nitrogen and oxygen atoms in total. The summed E-state index contributed by atoms with van der Waals surface area (Å²) >= 11 is 3.83. The molecule has 0 aliphatic carbocycles. The Balaban J connectivity index is 3.90. The molecule has 0 spiro atoms. The maximum Gasteiger partial charge on any atom is 0.251 e. The van der Waals surface area contributed by atoms with Crippen LogP contribution < -0.4 is 21.3 Å². The maximum absolute atomic E-state index is 11.7. The summed E-state index contributed by atoms with van der Waals surface area (Å²) in [6, 6.07) is 0. The average Bonchev–Trinajstić information content (AvgIpc) is 2.65. The lowest BCUT2D eigenvalue weighted by Crippen LogP contribution is -2.45. The third-order valence-corrected chi connectivity index (χ3v) is 4.44. The Morgan fingerprint density at radius 2 is 1.15 bits per heavy atom. The number of aliphatic hydroxyl groups is 2. The standard InChI is InChI=1S/C14H24I2N4O6/c15-7-11(23)18-4-3-17-10(22)2-1-9(21)13(25)14(26)20-6-5-19-12(24)8-16/h9,13,21,25H,1-8H2,(H,17,22)(H,18,23)(H,19,24)(H,20,26)/t9-,13+/m1/s1. The number of halogens is 2. The number of alkyl halides is 2. The number of amides is 4. The summed E-state index contributed by atoms with van der Waals surface area (Å²) in [7, 11) is 0. The quantitative estimate of drug-likeness (QED) is 0.0805. The molecule has 0 bridgehead atoms. The van der Waals surface area contributed by atoms with E-state index in [-0.39, 0.29) is 50.2 Å². The van der Waals surface area contributed by atoms with Gasteiger partial charge in [-0.2, -0.15) is 0 Å². The second-order valence-electron chi connectivity index (χ2n) is 5.16. The summed E-state index contributed by atoms with van der Waals surface area (Å²) in [5, 5.41) is 29.6. The minimum absolute atomic E-state index is 0.0720. The van der Waals surface area contributed by atoms with Gasteiger partial charge in [0, 0.05) is 32.6 Å². The Labute approximate surface area is 178 Å². The normalized spacial score (nSPS) is 12.6. The molecule has 0 aromatic heterocycles. The highest BCUT2D eigenvalue weighted by Gasteiger charge is 2.24. The van der Waals surface area contributed by atoms with Crippen molar-refractivity contribution in [3.05, 3.63) is 0 Å². The fourth-order valence-electron chi connectivity index (χ4n) is 1.69. The predicted octanol–water partition coefficient (Wildman–Crippen LogP) is -2.18. The third-order valence-electron chi connectivity index (χ3n) is 3.06. The van der Waals surface area contributed by atoms with Crippen molar-refractivity contribution < 1.29 is 29.4 Å². The molecule has 0 heterocycles. The largest absolute Gasteiger partial charge is 0.390 e. The SMILES string of the molecule is O=C(CI)NCCNC(=O)CC[C@@H](O)[C@H](O)C(=O)NCCNC(=O)CI. The fourth-order valence-corrected chi connectivity index (χ4v) is 2.23. The third kappa shape index (κ3) is 12.6. The Morgan fingerprint density at radius 1 is 0.731 bits per heavy atom. The molecule has 0 aliphatic rings. The number of hydrogen-bond donors (Lipinski definition) is 6. The highest BCUT2D eigenvalue weighted by Crippen LogP contribution is 2.03. The van der Waals surface area contributed by atoms with E-state index in [0.717, 1.165) is 0 Å². The Morgan fingerprint density at radius 3 is 1.62 bits per heavy atom. The van der Waals surface area contributed by atoms with Crippen LogP contribution in [0, 0.1) is 0 Å². The first-order valence-corrected chi connectivity index (χ1v) is 10.9. The van der Waals surface area contributed by atoms with E-state index in [9.17, 15) is 29.4 Å². The number of aliphatic hydroxyl groups excluding tert-OH is 2. The van der Waals surface area contributed by atoms with E-state index in [4.69, 9.17) is 0 Å². The van der Waals surface area contributed by atoms with Crippen molar-refractivity contribution >= 4 is 68.8 Å². The molecule has 0 saturated carbocycles. The van der Waals surface area contributed by atoms with Gasteiger partial charge < -0.3 is 31.5 Å². The summed E-state index contributed by atoms with van der Waals surface area (Å²) < 4.78 is 0.641. The molecular weight excluding hydrogens is 574 g/mol. The maximum atomic E-state index is 11.7. The van der Waals surface area contributed by atoms with Crippen molar-refractivity contribution in [3.8, 4) is 0 Å². The van der Waals surface area contributed by atoms with Crippen LogP contribution >= 0.6 is 45.2 Å². The van der Waals surface area contributed by atoms with Crippen molar-refractivity contribution in [2.45, 2.75) is 25.0 Å². The molecule has 2 atom stereocenters. The molecule has 0 radical (unpaired) electrons. The van der Waals surface area contributed by atoms with Gasteiger partial charge in [0.15, 0.2) is 6.10 Å². The highest BCUT2D eigenvalue weighted by atomic mass is 127. The van der Waals surface area contributed by atoms with E-state index < -0.39 is 18.1 Å². The van der Waals surface area contributed by atoms with Crippen molar-refractivity contribution in [1.29, 1.82) is 0 Å². The number of carbonyl (C=O) groups excluding carboxylic acids is 4. The molecule has 150 valence electrons. The molecule has 26 heavy (non-hydrogen) atoms. The average molecular weight is 598 g/mol. The van der Waals surface area contributed by atoms with E-state index in [1.165, 1.54) is 0 Å². The van der Waals surface area contributed by atoms with E-state index in [1.807, 2.05) is 45.2 Å². The smallest absolute Gasteiger partial charge is 0.251 e. The zero-order valence-corrected chi connectivity index (χ0v) is 18.4. The van der Waals surface area contributed by atoms with Crippen LogP contribution in [0.25, 0.3) is 0 Å². The monoisotopic (exact) mass is 598 g/mol. The van der Waals surface area contributed by atoms with Gasteiger partial charge in [-0.3, -0.25) is 19.2 Å². The zero-order chi connectivity index (χ0) is 19.9. The Kier molecular flexibility index (Phi) is 14.9. The van der Waals surface area contributed by atoms with Gasteiger partial charge >= 0.3 is 0 Å². The summed E-state index contributed by atoms with van der Waals surface area (Å²) in [4.78, 5) is 45.3. The van der Waals surface area contributed by atoms with Crippen molar-refractivity contribution in [2.75, 3.05) is 35.0 Å². The van der Waals surface area contributed by atoms with Crippen LogP contribution in [0.2, 0.25) is 0 Å². The zero-order valence-electron chi connectivity index (χ0n) is 14.1. The van der Waals surface area contributed by atoms with Gasteiger partial charge in [0.25, 0.3) is 5.91 Å². The molecule has 0 rings (SSSR count). The van der Waals surface area contributed by atoms with Crippen molar-refractivity contribution in [3.63, 3.8) is 0 Å². The lowest BCUT2D eigenvalue weighted by atomic mass is 10.1. The van der Waals surface area contributed by atoms with Crippen molar-refractivity contribution in [2.24, 2.45) is 0 Å². The van der Waals surface area contributed by atoms with Gasteiger partial charge in [0.1, 0.15) is 0 Å². The number of nitrogens with one attached hydrogen (secondary N) is 4. The molecule has 0 unspecified atom stereocenters. The van der Waals surface area contributed by atoms with Gasteiger partial charge in [-0.05, 0) is 6.42 Å². The van der Waals surface area contributed by atoms with E-state index in [1.54, 1.807) is 0 Å². The second-order valence-corrected chi connectivity index (χ2v) is 6.68. The first-order chi connectivity index (χ1) is 12.3. The van der Waals surface area contributed by atoms with Crippen molar-refractivity contribution in [1.82, 2.24) is 21.3 Å². The predicted molar refractivity (Wildman–Crippen MR) is 111 cm³/mol. The van der Waals surface area contributed by atoms with Gasteiger partial charge in [-0.15, -0.1) is 0 Å². The molecular formula is C14H24I2N4O6. The van der Waals surface area contributed by atoms with Crippen LogP contribution in [0.15, 0.2) is 0 Å². The topological polar surface area (TPSA) is 157 Å². The second kappa shape index (κ2) is 15.3. The van der Waals surface area contributed by atoms with Crippen LogP contribution in [0.4, 0.5) is 0 Å². The minimum Gasteiger partial charge on any atom is -0.390 e. The molecule has 6 N–H and O–H groups in total. The first-order valence-electron chi connectivity index (χ1n) is 7.87. The molecule has 0 aromatic rings. The van der Waals surface area contributed by atoms with E-state index in [0.29, 0.717) is 15.4 Å². The van der Waals surface area contributed by atoms with Crippen LogP contribution in [0.1, 0.15) is 12.8 Å². The van der Waals surface area contributed by atoms with Gasteiger partial charge in [0.05, 0.1) is 15.0 Å². The van der Waals surface area contributed by atoms with Crippen LogP contribution in [0.5, 0.6) is 0 Å². The molecule has 0 saturated heterocycles. The number of hydrogen-bond acceptors (Lipinski definition) is 6. The summed E-state index contributed by atoms with van der Waals surface area (Å²) in [5.41, 5.74) is 0.